The lowest BCUT2D eigenvalue weighted by Gasteiger charge is -2.18. The second-order valence-corrected chi connectivity index (χ2v) is 3.98. The number of nitrogens with two attached hydrogens (primary N) is 1. The molecule has 6 heteroatoms. The van der Waals surface area contributed by atoms with E-state index >= 15 is 0 Å². The minimum Gasteiger partial charge on any atom is -0.334 e. The molecule has 5 nitrogen and oxygen atoms in total. The van der Waals surface area contributed by atoms with Gasteiger partial charge in [-0.1, -0.05) is 11.6 Å². The number of nitrogens with zero attached hydrogens (tertiary/aromatic N) is 3. The third-order valence-electron chi connectivity index (χ3n) is 2.63. The number of imidazole rings is 1. The molecule has 2 aromatic heterocycles. The van der Waals surface area contributed by atoms with E-state index in [4.69, 9.17) is 17.4 Å². The Morgan fingerprint density at radius 2 is 2.35 bits per heavy atom. The standard InChI is InChI=1S/C11H14ClN5/c1-2-17-6-5-15-11(17)10(16-13)8-3-4-14-7-9(8)12/h3-7,10,16H,2,13H2,1H3. The summed E-state index contributed by atoms with van der Waals surface area (Å²) in [5.74, 6) is 6.44. The molecule has 0 aliphatic rings. The first-order valence-corrected chi connectivity index (χ1v) is 5.72. The molecule has 0 amide bonds. The number of hydrogen-bond donors (Lipinski definition) is 2. The molecule has 0 aliphatic carbocycles. The molecule has 0 bridgehead atoms. The monoisotopic (exact) mass is 251 g/mol. The van der Waals surface area contributed by atoms with E-state index in [0.29, 0.717) is 5.02 Å². The fraction of sp³-hybridized carbons (Fsp3) is 0.273. The lowest BCUT2D eigenvalue weighted by molar-refractivity contribution is 0.560. The minimum atomic E-state index is -0.236. The highest BCUT2D eigenvalue weighted by molar-refractivity contribution is 6.31. The Morgan fingerprint density at radius 3 is 3.00 bits per heavy atom. The van der Waals surface area contributed by atoms with Gasteiger partial charge in [-0.2, -0.15) is 0 Å². The first-order chi connectivity index (χ1) is 8.27. The van der Waals surface area contributed by atoms with E-state index in [-0.39, 0.29) is 6.04 Å². The first-order valence-electron chi connectivity index (χ1n) is 5.34. The van der Waals surface area contributed by atoms with Gasteiger partial charge >= 0.3 is 0 Å². The van der Waals surface area contributed by atoms with Gasteiger partial charge in [-0.05, 0) is 18.6 Å². The molecule has 0 radical (unpaired) electrons. The van der Waals surface area contributed by atoms with Crippen molar-refractivity contribution in [3.63, 3.8) is 0 Å². The zero-order valence-corrected chi connectivity index (χ0v) is 10.2. The third-order valence-corrected chi connectivity index (χ3v) is 2.94. The maximum atomic E-state index is 6.12. The summed E-state index contributed by atoms with van der Waals surface area (Å²) in [6.07, 6.45) is 6.94. The second kappa shape index (κ2) is 5.27. The number of aryl methyl sites for hydroxylation is 1. The number of nitrogens with one attached hydrogen (secondary N) is 1. The van der Waals surface area contributed by atoms with Crippen molar-refractivity contribution in [1.29, 1.82) is 0 Å². The SMILES string of the molecule is CCn1ccnc1C(NN)c1ccncc1Cl. The van der Waals surface area contributed by atoms with Crippen LogP contribution in [-0.4, -0.2) is 14.5 Å². The van der Waals surface area contributed by atoms with Gasteiger partial charge < -0.3 is 4.57 Å². The Bertz CT molecular complexity index is 496. The average molecular weight is 252 g/mol. The van der Waals surface area contributed by atoms with Gasteiger partial charge in [-0.15, -0.1) is 0 Å². The summed E-state index contributed by atoms with van der Waals surface area (Å²) in [7, 11) is 0. The van der Waals surface area contributed by atoms with Gasteiger partial charge in [0.2, 0.25) is 0 Å². The summed E-state index contributed by atoms with van der Waals surface area (Å²) in [4.78, 5) is 8.27. The Labute approximate surface area is 105 Å². The van der Waals surface area contributed by atoms with Gasteiger partial charge in [0, 0.05) is 31.3 Å². The molecule has 17 heavy (non-hydrogen) atoms. The Kier molecular flexibility index (Phi) is 3.73. The third kappa shape index (κ3) is 2.31. The highest BCUT2D eigenvalue weighted by Crippen LogP contribution is 2.25. The van der Waals surface area contributed by atoms with Crippen LogP contribution < -0.4 is 11.3 Å². The molecule has 90 valence electrons. The molecule has 0 saturated carbocycles. The number of aromatic nitrogens is 3. The predicted octanol–water partition coefficient (Wildman–Crippen LogP) is 1.50. The summed E-state index contributed by atoms with van der Waals surface area (Å²) in [5, 5.41) is 0.570. The van der Waals surface area contributed by atoms with Gasteiger partial charge in [0.1, 0.15) is 11.9 Å². The number of rotatable bonds is 4. The fourth-order valence-corrected chi connectivity index (χ4v) is 2.00. The van der Waals surface area contributed by atoms with E-state index in [1.807, 2.05) is 23.8 Å². The Hall–Kier alpha value is -1.43. The zero-order valence-electron chi connectivity index (χ0n) is 9.47. The molecular weight excluding hydrogens is 238 g/mol. The molecule has 2 rings (SSSR count). The fourth-order valence-electron chi connectivity index (χ4n) is 1.77. The molecular formula is C11H14ClN5. The predicted molar refractivity (Wildman–Crippen MR) is 66.3 cm³/mol. The first kappa shape index (κ1) is 12.0. The quantitative estimate of drug-likeness (QED) is 0.638. The summed E-state index contributed by atoms with van der Waals surface area (Å²) in [6.45, 7) is 2.88. The summed E-state index contributed by atoms with van der Waals surface area (Å²) in [5.41, 5.74) is 3.61. The van der Waals surface area contributed by atoms with Crippen molar-refractivity contribution in [3.8, 4) is 0 Å². The van der Waals surface area contributed by atoms with Crippen LogP contribution in [0.25, 0.3) is 0 Å². The van der Waals surface area contributed by atoms with Gasteiger partial charge in [0.05, 0.1) is 5.02 Å². The lowest BCUT2D eigenvalue weighted by atomic mass is 10.1. The number of hydrazine groups is 1. The van der Waals surface area contributed by atoms with Crippen molar-refractivity contribution in [2.24, 2.45) is 5.84 Å². The molecule has 2 aromatic rings. The van der Waals surface area contributed by atoms with Crippen molar-refractivity contribution >= 4 is 11.6 Å². The molecule has 0 aliphatic heterocycles. The lowest BCUT2D eigenvalue weighted by Crippen LogP contribution is -2.31. The van der Waals surface area contributed by atoms with Crippen molar-refractivity contribution in [2.45, 2.75) is 19.5 Å². The topological polar surface area (TPSA) is 68.8 Å². The average Bonchev–Trinajstić information content (AvgIpc) is 2.81. The van der Waals surface area contributed by atoms with Crippen LogP contribution in [0.3, 0.4) is 0 Å². The van der Waals surface area contributed by atoms with Gasteiger partial charge in [0.15, 0.2) is 0 Å². The minimum absolute atomic E-state index is 0.236. The number of halogens is 1. The van der Waals surface area contributed by atoms with E-state index in [1.165, 1.54) is 0 Å². The van der Waals surface area contributed by atoms with E-state index in [9.17, 15) is 0 Å². The molecule has 3 N–H and O–H groups in total. The number of pyridine rings is 1. The van der Waals surface area contributed by atoms with Crippen LogP contribution in [0.4, 0.5) is 0 Å². The zero-order chi connectivity index (χ0) is 12.3. The maximum Gasteiger partial charge on any atom is 0.131 e. The van der Waals surface area contributed by atoms with E-state index in [2.05, 4.69) is 15.4 Å². The molecule has 1 atom stereocenters. The molecule has 0 saturated heterocycles. The van der Waals surface area contributed by atoms with E-state index in [0.717, 1.165) is 17.9 Å². The summed E-state index contributed by atoms with van der Waals surface area (Å²) < 4.78 is 2.02. The smallest absolute Gasteiger partial charge is 0.131 e. The van der Waals surface area contributed by atoms with Crippen LogP contribution in [0.15, 0.2) is 30.9 Å². The molecule has 0 spiro atoms. The van der Waals surface area contributed by atoms with Crippen LogP contribution in [0, 0.1) is 0 Å². The number of hydrogen-bond acceptors (Lipinski definition) is 4. The molecule has 1 unspecified atom stereocenters. The highest BCUT2D eigenvalue weighted by Gasteiger charge is 2.19. The normalized spacial score (nSPS) is 12.6. The maximum absolute atomic E-state index is 6.12. The van der Waals surface area contributed by atoms with Crippen LogP contribution in [-0.2, 0) is 6.54 Å². The van der Waals surface area contributed by atoms with Crippen molar-refractivity contribution in [2.75, 3.05) is 0 Å². The van der Waals surface area contributed by atoms with E-state index in [1.54, 1.807) is 18.6 Å². The van der Waals surface area contributed by atoms with Crippen LogP contribution in [0.1, 0.15) is 24.4 Å². The molecule has 0 aromatic carbocycles. The van der Waals surface area contributed by atoms with Gasteiger partial charge in [0.25, 0.3) is 0 Å². The summed E-state index contributed by atoms with van der Waals surface area (Å²) >= 11 is 6.12. The van der Waals surface area contributed by atoms with Crippen LogP contribution in [0.2, 0.25) is 5.02 Å². The molecule has 2 heterocycles. The van der Waals surface area contributed by atoms with Gasteiger partial charge in [-0.25, -0.2) is 10.4 Å². The molecule has 0 fully saturated rings. The Morgan fingerprint density at radius 1 is 1.53 bits per heavy atom. The van der Waals surface area contributed by atoms with Crippen molar-refractivity contribution < 1.29 is 0 Å². The van der Waals surface area contributed by atoms with Crippen molar-refractivity contribution in [3.05, 3.63) is 47.3 Å². The largest absolute Gasteiger partial charge is 0.334 e. The van der Waals surface area contributed by atoms with Gasteiger partial charge in [-0.3, -0.25) is 10.8 Å². The van der Waals surface area contributed by atoms with Crippen molar-refractivity contribution in [1.82, 2.24) is 20.0 Å². The second-order valence-electron chi connectivity index (χ2n) is 3.57. The summed E-state index contributed by atoms with van der Waals surface area (Å²) in [6, 6.07) is 1.60. The highest BCUT2D eigenvalue weighted by atomic mass is 35.5. The van der Waals surface area contributed by atoms with Crippen LogP contribution >= 0.6 is 11.6 Å². The Balaban J connectivity index is 2.44. The van der Waals surface area contributed by atoms with Crippen LogP contribution in [0.5, 0.6) is 0 Å². The van der Waals surface area contributed by atoms with E-state index < -0.39 is 0 Å².